The van der Waals surface area contributed by atoms with Gasteiger partial charge in [0.25, 0.3) is 0 Å². The first kappa shape index (κ1) is 13.2. The van der Waals surface area contributed by atoms with Gasteiger partial charge in [-0.05, 0) is 18.4 Å². The minimum absolute atomic E-state index is 0.290. The summed E-state index contributed by atoms with van der Waals surface area (Å²) in [6.45, 7) is 10.9. The van der Waals surface area contributed by atoms with Gasteiger partial charge in [0.1, 0.15) is 0 Å². The third kappa shape index (κ3) is 4.33. The SMILES string of the molecule is C=C(CC(O)Cc1ccccc1)[Si](C)(C)C. The fourth-order valence-electron chi connectivity index (χ4n) is 1.55. The number of hydrogen-bond acceptors (Lipinski definition) is 1. The third-order valence-corrected chi connectivity index (χ3v) is 5.18. The molecule has 0 saturated carbocycles. The largest absolute Gasteiger partial charge is 0.392 e. The van der Waals surface area contributed by atoms with Crippen molar-refractivity contribution in [2.24, 2.45) is 0 Å². The van der Waals surface area contributed by atoms with E-state index >= 15 is 0 Å². The van der Waals surface area contributed by atoms with Crippen LogP contribution in [-0.4, -0.2) is 19.3 Å². The van der Waals surface area contributed by atoms with Crippen LogP contribution in [0.15, 0.2) is 42.1 Å². The quantitative estimate of drug-likeness (QED) is 0.774. The molecule has 0 saturated heterocycles. The first-order chi connectivity index (χ1) is 7.39. The van der Waals surface area contributed by atoms with Crippen LogP contribution in [0.5, 0.6) is 0 Å². The Morgan fingerprint density at radius 3 is 2.31 bits per heavy atom. The van der Waals surface area contributed by atoms with Gasteiger partial charge in [-0.15, -0.1) is 6.58 Å². The third-order valence-electron chi connectivity index (χ3n) is 2.86. The van der Waals surface area contributed by atoms with Crippen LogP contribution in [0.1, 0.15) is 12.0 Å². The molecule has 0 fully saturated rings. The van der Waals surface area contributed by atoms with E-state index in [1.165, 1.54) is 10.8 Å². The van der Waals surface area contributed by atoms with Crippen LogP contribution in [-0.2, 0) is 6.42 Å². The van der Waals surface area contributed by atoms with Gasteiger partial charge in [0.05, 0.1) is 14.2 Å². The highest BCUT2D eigenvalue weighted by molar-refractivity contribution is 6.82. The molecule has 0 radical (unpaired) electrons. The Balaban J connectivity index is 2.49. The smallest absolute Gasteiger partial charge is 0.0717 e. The van der Waals surface area contributed by atoms with Gasteiger partial charge in [-0.3, -0.25) is 0 Å². The molecule has 0 aromatic heterocycles. The van der Waals surface area contributed by atoms with Crippen molar-refractivity contribution < 1.29 is 5.11 Å². The lowest BCUT2D eigenvalue weighted by Crippen LogP contribution is -2.27. The maximum atomic E-state index is 10.00. The van der Waals surface area contributed by atoms with E-state index in [2.05, 4.69) is 38.4 Å². The molecule has 1 rings (SSSR count). The van der Waals surface area contributed by atoms with Gasteiger partial charge in [0, 0.05) is 0 Å². The zero-order valence-electron chi connectivity index (χ0n) is 10.5. The summed E-state index contributed by atoms with van der Waals surface area (Å²) in [5.41, 5.74) is 1.19. The summed E-state index contributed by atoms with van der Waals surface area (Å²) in [4.78, 5) is 0. The molecule has 16 heavy (non-hydrogen) atoms. The first-order valence-corrected chi connectivity index (χ1v) is 9.30. The standard InChI is InChI=1S/C14H22OSi/c1-12(16(2,3)4)10-14(15)11-13-8-6-5-7-9-13/h5-9,14-15H,1,10-11H2,2-4H3. The van der Waals surface area contributed by atoms with Gasteiger partial charge in [0.2, 0.25) is 0 Å². The molecule has 0 amide bonds. The average molecular weight is 234 g/mol. The summed E-state index contributed by atoms with van der Waals surface area (Å²) in [5, 5.41) is 11.2. The monoisotopic (exact) mass is 234 g/mol. The molecule has 2 heteroatoms. The van der Waals surface area contributed by atoms with Crippen molar-refractivity contribution in [1.29, 1.82) is 0 Å². The van der Waals surface area contributed by atoms with Crippen LogP contribution in [0.3, 0.4) is 0 Å². The van der Waals surface area contributed by atoms with Gasteiger partial charge in [0.15, 0.2) is 0 Å². The maximum absolute atomic E-state index is 10.00. The van der Waals surface area contributed by atoms with Crippen LogP contribution in [0.2, 0.25) is 19.6 Å². The van der Waals surface area contributed by atoms with Crippen LogP contribution >= 0.6 is 0 Å². The van der Waals surface area contributed by atoms with Gasteiger partial charge < -0.3 is 5.11 Å². The molecule has 0 aliphatic heterocycles. The fraction of sp³-hybridized carbons (Fsp3) is 0.429. The second-order valence-corrected chi connectivity index (χ2v) is 10.6. The van der Waals surface area contributed by atoms with Crippen molar-refractivity contribution in [3.05, 3.63) is 47.7 Å². The van der Waals surface area contributed by atoms with E-state index in [1.807, 2.05) is 18.2 Å². The number of aliphatic hydroxyl groups excluding tert-OH is 1. The van der Waals surface area contributed by atoms with E-state index < -0.39 is 8.07 Å². The lowest BCUT2D eigenvalue weighted by atomic mass is 10.1. The fourth-order valence-corrected chi connectivity index (χ4v) is 2.40. The summed E-state index contributed by atoms with van der Waals surface area (Å²) in [6.07, 6.45) is 1.18. The summed E-state index contributed by atoms with van der Waals surface area (Å²) >= 11 is 0. The van der Waals surface area contributed by atoms with Gasteiger partial charge >= 0.3 is 0 Å². The highest BCUT2D eigenvalue weighted by Crippen LogP contribution is 2.19. The lowest BCUT2D eigenvalue weighted by molar-refractivity contribution is 0.177. The lowest BCUT2D eigenvalue weighted by Gasteiger charge is -2.22. The number of aliphatic hydroxyl groups is 1. The van der Waals surface area contributed by atoms with Crippen molar-refractivity contribution in [3.8, 4) is 0 Å². The Kier molecular flexibility index (Phi) is 4.51. The summed E-state index contributed by atoms with van der Waals surface area (Å²) in [5.74, 6) is 0. The van der Waals surface area contributed by atoms with E-state index in [4.69, 9.17) is 0 Å². The normalized spacial score (nSPS) is 13.5. The molecule has 0 aliphatic carbocycles. The Bertz CT molecular complexity index is 338. The van der Waals surface area contributed by atoms with E-state index in [-0.39, 0.29) is 6.10 Å². The summed E-state index contributed by atoms with van der Waals surface area (Å²) < 4.78 is 0. The van der Waals surface area contributed by atoms with Crippen LogP contribution in [0.25, 0.3) is 0 Å². The predicted octanol–water partition coefficient (Wildman–Crippen LogP) is 3.41. The van der Waals surface area contributed by atoms with Gasteiger partial charge in [-0.25, -0.2) is 0 Å². The van der Waals surface area contributed by atoms with Crippen LogP contribution in [0, 0.1) is 0 Å². The van der Waals surface area contributed by atoms with E-state index in [9.17, 15) is 5.11 Å². The van der Waals surface area contributed by atoms with Crippen molar-refractivity contribution in [1.82, 2.24) is 0 Å². The topological polar surface area (TPSA) is 20.2 Å². The highest BCUT2D eigenvalue weighted by atomic mass is 28.3. The zero-order valence-corrected chi connectivity index (χ0v) is 11.5. The molecular weight excluding hydrogens is 212 g/mol. The molecule has 0 spiro atoms. The molecule has 1 atom stereocenters. The molecule has 0 heterocycles. The molecule has 1 nitrogen and oxygen atoms in total. The Morgan fingerprint density at radius 1 is 1.25 bits per heavy atom. The van der Waals surface area contributed by atoms with E-state index in [0.717, 1.165) is 12.8 Å². The van der Waals surface area contributed by atoms with E-state index in [0.29, 0.717) is 0 Å². The molecule has 1 N–H and O–H groups in total. The van der Waals surface area contributed by atoms with Crippen LogP contribution in [0.4, 0.5) is 0 Å². The van der Waals surface area contributed by atoms with E-state index in [1.54, 1.807) is 0 Å². The molecule has 1 unspecified atom stereocenters. The van der Waals surface area contributed by atoms with Crippen molar-refractivity contribution in [2.75, 3.05) is 0 Å². The van der Waals surface area contributed by atoms with Crippen molar-refractivity contribution >= 4 is 8.07 Å². The molecule has 0 aliphatic rings. The van der Waals surface area contributed by atoms with Gasteiger partial charge in [-0.2, -0.15) is 0 Å². The maximum Gasteiger partial charge on any atom is 0.0717 e. The number of benzene rings is 1. The molecular formula is C14H22OSi. The van der Waals surface area contributed by atoms with Crippen LogP contribution < -0.4 is 0 Å². The molecule has 1 aromatic carbocycles. The second-order valence-electron chi connectivity index (χ2n) is 5.40. The number of hydrogen-bond donors (Lipinski definition) is 1. The molecule has 88 valence electrons. The summed E-state index contributed by atoms with van der Waals surface area (Å²) in [6, 6.07) is 10.1. The minimum atomic E-state index is -1.30. The first-order valence-electron chi connectivity index (χ1n) is 5.80. The average Bonchev–Trinajstić information content (AvgIpc) is 2.17. The summed E-state index contributed by atoms with van der Waals surface area (Å²) in [7, 11) is -1.30. The minimum Gasteiger partial charge on any atom is -0.392 e. The van der Waals surface area contributed by atoms with Crippen molar-refractivity contribution in [3.63, 3.8) is 0 Å². The van der Waals surface area contributed by atoms with Crippen molar-refractivity contribution in [2.45, 2.75) is 38.6 Å². The Morgan fingerprint density at radius 2 is 1.81 bits per heavy atom. The zero-order chi connectivity index (χ0) is 12.2. The molecule has 0 bridgehead atoms. The Hall–Kier alpha value is -0.863. The predicted molar refractivity (Wildman–Crippen MR) is 73.3 cm³/mol. The Labute approximate surface area is 99.8 Å². The second kappa shape index (κ2) is 5.46. The molecule has 1 aromatic rings. The number of rotatable bonds is 5. The van der Waals surface area contributed by atoms with Gasteiger partial charge in [-0.1, -0.05) is 55.2 Å². The highest BCUT2D eigenvalue weighted by Gasteiger charge is 2.20.